The Morgan fingerprint density at radius 2 is 1.03 bits per heavy atom. The second-order valence-corrected chi connectivity index (χ2v) is 21.0. The number of anilines is 4. The van der Waals surface area contributed by atoms with Gasteiger partial charge in [-0.05, 0) is 82.9 Å². The molecule has 4 aromatic rings. The molecule has 6 rings (SSSR count). The average Bonchev–Trinajstić information content (AvgIpc) is 3.33. The molecule has 0 unspecified atom stereocenters. The van der Waals surface area contributed by atoms with Crippen LogP contribution >= 0.6 is 0 Å². The van der Waals surface area contributed by atoms with Crippen molar-refractivity contribution in [3.8, 4) is 0 Å². The van der Waals surface area contributed by atoms with Crippen molar-refractivity contribution in [2.24, 2.45) is 10.2 Å². The molecule has 31 heteroatoms. The Morgan fingerprint density at radius 1 is 0.533 bits per heavy atom. The van der Waals surface area contributed by atoms with Crippen molar-refractivity contribution in [1.82, 2.24) is 10.2 Å². The maximum Gasteiger partial charge on any atom is 0.296 e. The highest BCUT2D eigenvalue weighted by molar-refractivity contribution is 7.91. The number of hydrogen-bond donors (Lipinski definition) is 14. The summed E-state index contributed by atoms with van der Waals surface area (Å²) in [6, 6.07) is 12.6. The Kier molecular flexibility index (Phi) is 21.7. The van der Waals surface area contributed by atoms with E-state index in [4.69, 9.17) is 37.0 Å². The van der Waals surface area contributed by atoms with E-state index >= 15 is 0 Å². The fourth-order valence-electron chi connectivity index (χ4n) is 6.69. The molecule has 0 saturated carbocycles. The van der Waals surface area contributed by atoms with Gasteiger partial charge in [0.2, 0.25) is 11.6 Å². The summed E-state index contributed by atoms with van der Waals surface area (Å²) in [4.78, 5) is 25.1. The van der Waals surface area contributed by atoms with Gasteiger partial charge in [-0.15, -0.1) is 0 Å². The van der Waals surface area contributed by atoms with Gasteiger partial charge in [-0.2, -0.15) is 43.9 Å². The summed E-state index contributed by atoms with van der Waals surface area (Å²) < 4.78 is 136. The molecule has 27 nitrogen and oxygen atoms in total. The number of aliphatic hydroxyl groups excluding tert-OH is 5. The van der Waals surface area contributed by atoms with Crippen LogP contribution in [0.4, 0.5) is 22.7 Å². The van der Waals surface area contributed by atoms with Crippen molar-refractivity contribution in [1.29, 1.82) is 0 Å². The number of fused-ring (bicyclic) bond motifs is 2. The summed E-state index contributed by atoms with van der Waals surface area (Å²) >= 11 is 0. The number of hydrogen-bond acceptors (Lipinski definition) is 23. The molecule has 0 aliphatic heterocycles. The molecule has 16 N–H and O–H groups in total. The number of Topliss-reactive ketones (excluding diaryl/α,β-unsaturated/α-hetero) is 2. The zero-order valence-electron chi connectivity index (χ0n) is 39.0. The van der Waals surface area contributed by atoms with E-state index in [0.29, 0.717) is 32.7 Å². The summed E-state index contributed by atoms with van der Waals surface area (Å²) in [5, 5.41) is 52.3. The minimum atomic E-state index is -5.03. The van der Waals surface area contributed by atoms with Crippen molar-refractivity contribution in [3.05, 3.63) is 111 Å². The Bertz CT molecular complexity index is 3380. The van der Waals surface area contributed by atoms with Gasteiger partial charge < -0.3 is 42.3 Å². The normalized spacial score (nSPS) is 14.7. The number of nitrogens with two attached hydrogens (primary N) is 2. The predicted octanol–water partition coefficient (Wildman–Crippen LogP) is 0.158. The Morgan fingerprint density at radius 3 is 1.49 bits per heavy atom. The molecule has 0 aromatic heterocycles. The van der Waals surface area contributed by atoms with E-state index in [1.54, 1.807) is 4.90 Å². The number of nitrogen functional groups attached to an aromatic ring is 2. The lowest BCUT2D eigenvalue weighted by atomic mass is 9.94. The minimum absolute atomic E-state index is 0.0387. The van der Waals surface area contributed by atoms with Crippen LogP contribution in [0.15, 0.2) is 103 Å². The van der Waals surface area contributed by atoms with Gasteiger partial charge in [0, 0.05) is 49.5 Å². The molecule has 0 atom stereocenters. The topological polar surface area (TPSA) is 469 Å². The molecule has 2 aliphatic carbocycles. The Labute approximate surface area is 429 Å². The summed E-state index contributed by atoms with van der Waals surface area (Å²) in [6.07, 6.45) is 5.68. The summed E-state index contributed by atoms with van der Waals surface area (Å²) in [5.41, 5.74) is 14.5. The van der Waals surface area contributed by atoms with Crippen LogP contribution in [0, 0.1) is 0 Å². The van der Waals surface area contributed by atoms with E-state index in [2.05, 4.69) is 26.4 Å². The minimum Gasteiger partial charge on any atom is -0.399 e. The molecule has 0 fully saturated rings. The van der Waals surface area contributed by atoms with Crippen LogP contribution in [0.3, 0.4) is 0 Å². The van der Waals surface area contributed by atoms with Crippen molar-refractivity contribution in [2.75, 3.05) is 88.1 Å². The molecule has 0 amide bonds. The van der Waals surface area contributed by atoms with Crippen LogP contribution in [0.1, 0.15) is 43.0 Å². The number of rotatable bonds is 20. The van der Waals surface area contributed by atoms with Crippen LogP contribution < -0.4 is 27.6 Å². The number of allylic oxidation sites excluding steroid dienone is 2. The smallest absolute Gasteiger partial charge is 0.296 e. The highest BCUT2D eigenvalue weighted by Crippen LogP contribution is 2.31. The lowest BCUT2D eigenvalue weighted by Crippen LogP contribution is -2.32. The number of carbonyl (C=O) groups excluding carboxylic acids is 2. The highest BCUT2D eigenvalue weighted by Gasteiger charge is 2.33. The SMILES string of the molecule is Nc1ccc2c(c1)C(=O)/C(=N/Nc1ccc(/C=C/c3ccc(N/N=C4\C=Cc5cc(S(=O)(=O)O)c(N)cc5C4=O)cc3S(=O)(=O)O)c(S(=O)(=O)O)c1)C(S(=O)(=O)O)=C2.OCCN(CCO)CCO.OCCNCCO. The lowest BCUT2D eigenvalue weighted by molar-refractivity contribution is 0.105. The van der Waals surface area contributed by atoms with Gasteiger partial charge in [0.1, 0.15) is 25.3 Å². The Hall–Kier alpha value is -6.66. The van der Waals surface area contributed by atoms with E-state index in [9.17, 15) is 61.5 Å². The number of ketones is 2. The summed E-state index contributed by atoms with van der Waals surface area (Å²) in [7, 11) is -19.7. The number of carbonyl (C=O) groups is 2. The van der Waals surface area contributed by atoms with Crippen molar-refractivity contribution in [3.63, 3.8) is 0 Å². The third-order valence-corrected chi connectivity index (χ3v) is 13.7. The zero-order chi connectivity index (χ0) is 55.9. The fraction of sp³-hybridized carbons (Fsp3) is 0.227. The largest absolute Gasteiger partial charge is 0.399 e. The third kappa shape index (κ3) is 17.2. The van der Waals surface area contributed by atoms with Crippen LogP contribution in [0.5, 0.6) is 0 Å². The number of nitrogens with one attached hydrogen (secondary N) is 3. The number of nitrogens with zero attached hydrogens (tertiary/aromatic N) is 3. The lowest BCUT2D eigenvalue weighted by Gasteiger charge is -2.17. The van der Waals surface area contributed by atoms with Crippen LogP contribution in [0.2, 0.25) is 0 Å². The molecule has 0 radical (unpaired) electrons. The first kappa shape index (κ1) is 60.9. The van der Waals surface area contributed by atoms with Gasteiger partial charge in [0.25, 0.3) is 40.5 Å². The van der Waals surface area contributed by atoms with Gasteiger partial charge in [-0.3, -0.25) is 43.6 Å². The molecule has 406 valence electrons. The van der Waals surface area contributed by atoms with Crippen molar-refractivity contribution in [2.45, 2.75) is 14.7 Å². The molecule has 0 bridgehead atoms. The standard InChI is InChI=1S/C34H26N6O14S4.C6H15NO3.C4H11NO2/c35-21-7-3-19-12-31(58(52,53)54)32(34(42)24(19)13-21)40-38-23-9-5-18(29(15-23)56(46,47)48)2-1-17-4-8-22(14-28(17)55(43,44)45)37-39-27-10-6-20-11-30(57(49,50)51)26(36)16-25(20)33(27)41;8-4-1-7(2-5-9)3-6-10;6-3-1-5-2-4-7/h1-16,37-38H,35-36H2,(H,43,44,45)(H,46,47,48)(H,49,50,51)(H,52,53,54);8-10H,1-6H2;5-7H,1-4H2/b2-1+,39-27+,40-32+;;. The van der Waals surface area contributed by atoms with Gasteiger partial charge in [-0.25, -0.2) is 0 Å². The van der Waals surface area contributed by atoms with Crippen molar-refractivity contribution >= 4 is 111 Å². The quantitative estimate of drug-likeness (QED) is 0.0184. The van der Waals surface area contributed by atoms with E-state index in [-0.39, 0.29) is 89.2 Å². The van der Waals surface area contributed by atoms with Crippen LogP contribution in [0.25, 0.3) is 24.3 Å². The van der Waals surface area contributed by atoms with Gasteiger partial charge in [0.15, 0.2) is 5.71 Å². The summed E-state index contributed by atoms with van der Waals surface area (Å²) in [5.74, 6) is -1.66. The molecule has 2 aliphatic rings. The fourth-order valence-corrected chi connectivity index (χ4v) is 9.40. The van der Waals surface area contributed by atoms with E-state index in [0.717, 1.165) is 48.6 Å². The molecular formula is C44H52N8O19S4. The van der Waals surface area contributed by atoms with E-state index < -0.39 is 83.0 Å². The van der Waals surface area contributed by atoms with Gasteiger partial charge >= 0.3 is 0 Å². The summed E-state index contributed by atoms with van der Waals surface area (Å²) in [6.45, 7) is 3.17. The average molecular weight is 1130 g/mol. The Balaban J connectivity index is 0.000000613. The second-order valence-electron chi connectivity index (χ2n) is 15.5. The predicted molar refractivity (Wildman–Crippen MR) is 277 cm³/mol. The number of hydrazone groups is 2. The van der Waals surface area contributed by atoms with Crippen LogP contribution in [-0.2, 0) is 40.5 Å². The van der Waals surface area contributed by atoms with Crippen molar-refractivity contribution < 1.29 is 87.0 Å². The highest BCUT2D eigenvalue weighted by atomic mass is 32.2. The van der Waals surface area contributed by atoms with E-state index in [1.165, 1.54) is 48.6 Å². The number of benzene rings is 4. The molecular weight excluding hydrogens is 1070 g/mol. The van der Waals surface area contributed by atoms with E-state index in [1.807, 2.05) is 0 Å². The maximum atomic E-state index is 13.2. The zero-order valence-corrected chi connectivity index (χ0v) is 42.3. The first-order chi connectivity index (χ1) is 35.2. The maximum absolute atomic E-state index is 13.2. The van der Waals surface area contributed by atoms with Gasteiger partial charge in [0.05, 0.1) is 50.1 Å². The molecule has 0 spiro atoms. The number of aliphatic hydroxyl groups is 5. The molecule has 0 heterocycles. The molecule has 4 aromatic carbocycles. The third-order valence-electron chi connectivity index (χ3n) is 10.1. The molecule has 75 heavy (non-hydrogen) atoms. The first-order valence-corrected chi connectivity index (χ1v) is 27.3. The monoisotopic (exact) mass is 1120 g/mol. The molecule has 0 saturated heterocycles. The second kappa shape index (κ2) is 26.7. The van der Waals surface area contributed by atoms with Crippen LogP contribution in [-0.4, -0.2) is 171 Å². The first-order valence-electron chi connectivity index (χ1n) is 21.5. The van der Waals surface area contributed by atoms with Gasteiger partial charge in [-0.1, -0.05) is 36.4 Å².